The summed E-state index contributed by atoms with van der Waals surface area (Å²) in [4.78, 5) is 0. The van der Waals surface area contributed by atoms with Gasteiger partial charge in [0.2, 0.25) is 0 Å². The standard InChI is InChI=1S/C16H18ClNO/c1-3-15(12-4-6-13(17)7-5-12)18-16-9-8-14(19)10-11(16)2/h4-10,15,18-19H,3H2,1-2H3. The second-order valence-electron chi connectivity index (χ2n) is 4.66. The van der Waals surface area contributed by atoms with E-state index in [0.29, 0.717) is 5.75 Å². The fourth-order valence-corrected chi connectivity index (χ4v) is 2.24. The van der Waals surface area contributed by atoms with Crippen LogP contribution in [0.3, 0.4) is 0 Å². The van der Waals surface area contributed by atoms with Crippen molar-refractivity contribution in [2.24, 2.45) is 0 Å². The molecule has 0 aliphatic rings. The highest BCUT2D eigenvalue weighted by molar-refractivity contribution is 6.30. The van der Waals surface area contributed by atoms with Gasteiger partial charge in [0.05, 0.1) is 6.04 Å². The van der Waals surface area contributed by atoms with Gasteiger partial charge in [0.1, 0.15) is 5.75 Å². The Balaban J connectivity index is 2.21. The van der Waals surface area contributed by atoms with E-state index in [1.165, 1.54) is 5.56 Å². The van der Waals surface area contributed by atoms with Crippen LogP contribution in [0.15, 0.2) is 42.5 Å². The zero-order valence-electron chi connectivity index (χ0n) is 11.2. The van der Waals surface area contributed by atoms with E-state index in [1.807, 2.05) is 37.3 Å². The van der Waals surface area contributed by atoms with Crippen LogP contribution < -0.4 is 5.32 Å². The van der Waals surface area contributed by atoms with Crippen LogP contribution in [-0.2, 0) is 0 Å². The summed E-state index contributed by atoms with van der Waals surface area (Å²) < 4.78 is 0. The smallest absolute Gasteiger partial charge is 0.115 e. The fourth-order valence-electron chi connectivity index (χ4n) is 2.11. The van der Waals surface area contributed by atoms with E-state index in [9.17, 15) is 5.11 Å². The second-order valence-corrected chi connectivity index (χ2v) is 5.09. The Hall–Kier alpha value is -1.67. The lowest BCUT2D eigenvalue weighted by Gasteiger charge is -2.20. The van der Waals surface area contributed by atoms with Crippen LogP contribution >= 0.6 is 11.6 Å². The largest absolute Gasteiger partial charge is 0.508 e. The number of hydrogen-bond acceptors (Lipinski definition) is 2. The molecule has 0 fully saturated rings. The van der Waals surface area contributed by atoms with Gasteiger partial charge in [0.15, 0.2) is 0 Å². The van der Waals surface area contributed by atoms with E-state index < -0.39 is 0 Å². The molecule has 0 aliphatic heterocycles. The molecular formula is C16H18ClNO. The highest BCUT2D eigenvalue weighted by atomic mass is 35.5. The van der Waals surface area contributed by atoms with Gasteiger partial charge in [-0.05, 0) is 54.8 Å². The molecular weight excluding hydrogens is 258 g/mol. The minimum absolute atomic E-state index is 0.237. The topological polar surface area (TPSA) is 32.3 Å². The van der Waals surface area contributed by atoms with Gasteiger partial charge >= 0.3 is 0 Å². The van der Waals surface area contributed by atoms with E-state index in [1.54, 1.807) is 12.1 Å². The predicted octanol–water partition coefficient (Wildman–Crippen LogP) is 4.92. The Morgan fingerprint density at radius 1 is 1.16 bits per heavy atom. The van der Waals surface area contributed by atoms with Crippen LogP contribution in [0.1, 0.15) is 30.5 Å². The zero-order valence-corrected chi connectivity index (χ0v) is 11.9. The van der Waals surface area contributed by atoms with Gasteiger partial charge in [-0.25, -0.2) is 0 Å². The van der Waals surface area contributed by atoms with Gasteiger partial charge in [-0.3, -0.25) is 0 Å². The van der Waals surface area contributed by atoms with Gasteiger partial charge in [0.25, 0.3) is 0 Å². The molecule has 0 spiro atoms. The third kappa shape index (κ3) is 3.42. The summed E-state index contributed by atoms with van der Waals surface area (Å²) in [5.74, 6) is 0.294. The first-order chi connectivity index (χ1) is 9.10. The summed E-state index contributed by atoms with van der Waals surface area (Å²) >= 11 is 5.91. The number of halogens is 1. The van der Waals surface area contributed by atoms with Crippen molar-refractivity contribution in [2.75, 3.05) is 5.32 Å². The van der Waals surface area contributed by atoms with Crippen LogP contribution in [0.4, 0.5) is 5.69 Å². The fraction of sp³-hybridized carbons (Fsp3) is 0.250. The molecule has 19 heavy (non-hydrogen) atoms. The second kappa shape index (κ2) is 5.98. The third-order valence-electron chi connectivity index (χ3n) is 3.22. The van der Waals surface area contributed by atoms with E-state index in [4.69, 9.17) is 11.6 Å². The quantitative estimate of drug-likeness (QED) is 0.777. The van der Waals surface area contributed by atoms with Gasteiger partial charge < -0.3 is 10.4 Å². The molecule has 3 heteroatoms. The zero-order chi connectivity index (χ0) is 13.8. The van der Waals surface area contributed by atoms with Crippen molar-refractivity contribution in [3.05, 3.63) is 58.6 Å². The van der Waals surface area contributed by atoms with E-state index >= 15 is 0 Å². The van der Waals surface area contributed by atoms with Crippen LogP contribution in [0.2, 0.25) is 5.02 Å². The number of phenolic OH excluding ortho intramolecular Hbond substituents is 1. The number of benzene rings is 2. The number of aromatic hydroxyl groups is 1. The van der Waals surface area contributed by atoms with Crippen LogP contribution in [0.25, 0.3) is 0 Å². The molecule has 0 heterocycles. The Kier molecular flexibility index (Phi) is 4.33. The first-order valence-electron chi connectivity index (χ1n) is 6.41. The number of nitrogens with one attached hydrogen (secondary N) is 1. The van der Waals surface area contributed by atoms with Crippen molar-refractivity contribution in [1.82, 2.24) is 0 Å². The Morgan fingerprint density at radius 3 is 2.42 bits per heavy atom. The lowest BCUT2D eigenvalue weighted by molar-refractivity contribution is 0.475. The van der Waals surface area contributed by atoms with Crippen molar-refractivity contribution in [3.8, 4) is 5.75 Å². The molecule has 0 amide bonds. The lowest BCUT2D eigenvalue weighted by Crippen LogP contribution is -2.10. The molecule has 1 atom stereocenters. The maximum atomic E-state index is 9.43. The average Bonchev–Trinajstić information content (AvgIpc) is 2.39. The van der Waals surface area contributed by atoms with E-state index in [0.717, 1.165) is 22.7 Å². The normalized spacial score (nSPS) is 12.2. The molecule has 2 rings (SSSR count). The van der Waals surface area contributed by atoms with Crippen molar-refractivity contribution in [1.29, 1.82) is 0 Å². The summed E-state index contributed by atoms with van der Waals surface area (Å²) in [6.45, 7) is 4.12. The van der Waals surface area contributed by atoms with Crippen molar-refractivity contribution >= 4 is 17.3 Å². The highest BCUT2D eigenvalue weighted by Crippen LogP contribution is 2.27. The first kappa shape index (κ1) is 13.8. The predicted molar refractivity (Wildman–Crippen MR) is 81.0 cm³/mol. The van der Waals surface area contributed by atoms with Crippen LogP contribution in [-0.4, -0.2) is 5.11 Å². The molecule has 2 N–H and O–H groups in total. The summed E-state index contributed by atoms with van der Waals surface area (Å²) in [6, 6.07) is 13.5. The minimum Gasteiger partial charge on any atom is -0.508 e. The Bertz CT molecular complexity index is 551. The van der Waals surface area contributed by atoms with Gasteiger partial charge in [-0.15, -0.1) is 0 Å². The summed E-state index contributed by atoms with van der Waals surface area (Å²) in [5, 5.41) is 13.7. The minimum atomic E-state index is 0.237. The van der Waals surface area contributed by atoms with Crippen molar-refractivity contribution < 1.29 is 5.11 Å². The van der Waals surface area contributed by atoms with E-state index in [-0.39, 0.29) is 6.04 Å². The highest BCUT2D eigenvalue weighted by Gasteiger charge is 2.10. The van der Waals surface area contributed by atoms with Crippen molar-refractivity contribution in [2.45, 2.75) is 26.3 Å². The first-order valence-corrected chi connectivity index (χ1v) is 6.79. The number of rotatable bonds is 4. The van der Waals surface area contributed by atoms with E-state index in [2.05, 4.69) is 12.2 Å². The van der Waals surface area contributed by atoms with Crippen molar-refractivity contribution in [3.63, 3.8) is 0 Å². The molecule has 1 unspecified atom stereocenters. The van der Waals surface area contributed by atoms with Gasteiger partial charge in [0, 0.05) is 10.7 Å². The molecule has 0 radical (unpaired) electrons. The number of phenols is 1. The maximum Gasteiger partial charge on any atom is 0.115 e. The van der Waals surface area contributed by atoms with Crippen LogP contribution in [0, 0.1) is 6.92 Å². The number of anilines is 1. The lowest BCUT2D eigenvalue weighted by atomic mass is 10.0. The molecule has 2 aromatic rings. The Morgan fingerprint density at radius 2 is 1.84 bits per heavy atom. The summed E-state index contributed by atoms with van der Waals surface area (Å²) in [7, 11) is 0. The molecule has 0 aromatic heterocycles. The Labute approximate surface area is 119 Å². The molecule has 2 nitrogen and oxygen atoms in total. The number of aryl methyl sites for hydroxylation is 1. The van der Waals surface area contributed by atoms with Crippen LogP contribution in [0.5, 0.6) is 5.75 Å². The van der Waals surface area contributed by atoms with Gasteiger partial charge in [-0.2, -0.15) is 0 Å². The monoisotopic (exact) mass is 275 g/mol. The molecule has 100 valence electrons. The molecule has 0 bridgehead atoms. The molecule has 0 saturated carbocycles. The third-order valence-corrected chi connectivity index (χ3v) is 3.47. The van der Waals surface area contributed by atoms with Gasteiger partial charge in [-0.1, -0.05) is 30.7 Å². The maximum absolute atomic E-state index is 9.43. The number of hydrogen-bond donors (Lipinski definition) is 2. The SMILES string of the molecule is CCC(Nc1ccc(O)cc1C)c1ccc(Cl)cc1. The molecule has 2 aromatic carbocycles. The molecule has 0 saturated heterocycles. The summed E-state index contributed by atoms with van der Waals surface area (Å²) in [5.41, 5.74) is 3.28. The average molecular weight is 276 g/mol. The molecule has 0 aliphatic carbocycles. The summed E-state index contributed by atoms with van der Waals surface area (Å²) in [6.07, 6.45) is 0.974.